The normalized spacial score (nSPS) is 18.7. The Morgan fingerprint density at radius 1 is 0.939 bits per heavy atom. The number of carbonyl (C=O) groups is 1. The number of rotatable bonds is 5. The van der Waals surface area contributed by atoms with Crippen LogP contribution in [0.2, 0.25) is 0 Å². The van der Waals surface area contributed by atoms with Crippen LogP contribution in [0.5, 0.6) is 0 Å². The zero-order valence-corrected chi connectivity index (χ0v) is 18.3. The molecular formula is C23H25FN8O. The molecule has 3 aromatic rings. The van der Waals surface area contributed by atoms with Crippen molar-refractivity contribution in [2.75, 3.05) is 52.7 Å². The van der Waals surface area contributed by atoms with E-state index in [1.165, 1.54) is 6.20 Å². The fourth-order valence-electron chi connectivity index (χ4n) is 4.06. The molecule has 2 aliphatic rings. The highest BCUT2D eigenvalue weighted by atomic mass is 19.1. The van der Waals surface area contributed by atoms with E-state index in [-0.39, 0.29) is 11.9 Å². The molecule has 2 saturated heterocycles. The Balaban J connectivity index is 1.18. The minimum absolute atomic E-state index is 0.213. The van der Waals surface area contributed by atoms with Crippen LogP contribution in [-0.2, 0) is 0 Å². The van der Waals surface area contributed by atoms with E-state index in [0.29, 0.717) is 36.1 Å². The van der Waals surface area contributed by atoms with Crippen LogP contribution in [-0.4, -0.2) is 70.8 Å². The predicted molar refractivity (Wildman–Crippen MR) is 125 cm³/mol. The number of hydrogen-bond acceptors (Lipinski definition) is 8. The average Bonchev–Trinajstić information content (AvgIpc) is 2.83. The summed E-state index contributed by atoms with van der Waals surface area (Å²) in [6.45, 7) is 5.26. The monoisotopic (exact) mass is 448 g/mol. The Bertz CT molecular complexity index is 1090. The van der Waals surface area contributed by atoms with Crippen LogP contribution in [0.25, 0.3) is 0 Å². The second-order valence-electron chi connectivity index (χ2n) is 8.31. The first-order valence-corrected chi connectivity index (χ1v) is 11.0. The first-order valence-electron chi connectivity index (χ1n) is 11.0. The lowest BCUT2D eigenvalue weighted by molar-refractivity contribution is 0.102. The Hall–Kier alpha value is -3.82. The van der Waals surface area contributed by atoms with Crippen molar-refractivity contribution in [3.05, 3.63) is 60.7 Å². The van der Waals surface area contributed by atoms with Crippen molar-refractivity contribution in [3.8, 4) is 0 Å². The van der Waals surface area contributed by atoms with Crippen LogP contribution in [0.3, 0.4) is 0 Å². The molecule has 10 heteroatoms. The largest absolute Gasteiger partial charge is 0.353 e. The van der Waals surface area contributed by atoms with E-state index in [4.69, 9.17) is 0 Å². The number of nitrogens with zero attached hydrogens (tertiary/aromatic N) is 7. The number of halogens is 1. The summed E-state index contributed by atoms with van der Waals surface area (Å²) in [4.78, 5) is 36.4. The lowest BCUT2D eigenvalue weighted by atomic mass is 10.2. The second kappa shape index (κ2) is 8.97. The van der Waals surface area contributed by atoms with Crippen molar-refractivity contribution in [2.24, 2.45) is 0 Å². The minimum Gasteiger partial charge on any atom is -0.353 e. The van der Waals surface area contributed by atoms with E-state index >= 15 is 0 Å². The van der Waals surface area contributed by atoms with Gasteiger partial charge in [0.15, 0.2) is 0 Å². The highest BCUT2D eigenvalue weighted by Crippen LogP contribution is 2.22. The van der Waals surface area contributed by atoms with E-state index in [1.807, 2.05) is 23.1 Å². The molecule has 2 aliphatic heterocycles. The Morgan fingerprint density at radius 3 is 2.36 bits per heavy atom. The SMILES string of the molecule is C[C@H]1CN(c2ccccn2)CCN1c1ncc(NC(=O)c2ccc(N3CC(F)C3)nc2)cn1. The van der Waals surface area contributed by atoms with Gasteiger partial charge in [-0.1, -0.05) is 6.07 Å². The number of carbonyl (C=O) groups excluding carboxylic acids is 1. The van der Waals surface area contributed by atoms with Gasteiger partial charge in [-0.3, -0.25) is 4.79 Å². The van der Waals surface area contributed by atoms with Gasteiger partial charge in [0.25, 0.3) is 5.91 Å². The van der Waals surface area contributed by atoms with Crippen molar-refractivity contribution in [2.45, 2.75) is 19.1 Å². The topological polar surface area (TPSA) is 90.4 Å². The molecule has 9 nitrogen and oxygen atoms in total. The van der Waals surface area contributed by atoms with Crippen molar-refractivity contribution in [1.82, 2.24) is 19.9 Å². The van der Waals surface area contributed by atoms with Gasteiger partial charge in [0.05, 0.1) is 36.7 Å². The molecule has 5 rings (SSSR count). The summed E-state index contributed by atoms with van der Waals surface area (Å²) in [5.74, 6) is 1.98. The molecule has 170 valence electrons. The number of alkyl halides is 1. The van der Waals surface area contributed by atoms with Crippen LogP contribution in [0.15, 0.2) is 55.1 Å². The standard InChI is InChI=1S/C23H25FN8O/c1-16-13-30(20-4-2-3-7-25-20)8-9-32(16)23-27-11-19(12-28-23)29-22(33)17-5-6-21(26-10-17)31-14-18(24)15-31/h2-7,10-12,16,18H,8-9,13-15H2,1H3,(H,29,33)/t16-/m0/s1. The molecule has 1 amide bonds. The number of aromatic nitrogens is 4. The fourth-order valence-corrected chi connectivity index (χ4v) is 4.06. The van der Waals surface area contributed by atoms with Crippen molar-refractivity contribution in [1.29, 1.82) is 0 Å². The second-order valence-corrected chi connectivity index (χ2v) is 8.31. The number of amides is 1. The summed E-state index contributed by atoms with van der Waals surface area (Å²) < 4.78 is 13.0. The number of hydrogen-bond donors (Lipinski definition) is 1. The fraction of sp³-hybridized carbons (Fsp3) is 0.348. The minimum atomic E-state index is -0.800. The Kier molecular flexibility index (Phi) is 5.72. The molecule has 2 fully saturated rings. The third kappa shape index (κ3) is 4.55. The van der Waals surface area contributed by atoms with Crippen molar-refractivity contribution in [3.63, 3.8) is 0 Å². The van der Waals surface area contributed by atoms with E-state index in [1.54, 1.807) is 30.7 Å². The van der Waals surface area contributed by atoms with Crippen molar-refractivity contribution >= 4 is 29.2 Å². The summed E-state index contributed by atoms with van der Waals surface area (Å²) in [5.41, 5.74) is 0.926. The molecule has 0 spiro atoms. The number of piperazine rings is 1. The first kappa shape index (κ1) is 21.0. The van der Waals surface area contributed by atoms with E-state index in [0.717, 1.165) is 25.5 Å². The maximum atomic E-state index is 13.0. The summed E-state index contributed by atoms with van der Waals surface area (Å²) in [7, 11) is 0. The van der Waals surface area contributed by atoms with Crippen LogP contribution in [0, 0.1) is 0 Å². The van der Waals surface area contributed by atoms with Crippen LogP contribution in [0.1, 0.15) is 17.3 Å². The van der Waals surface area contributed by atoms with Crippen LogP contribution in [0.4, 0.5) is 27.7 Å². The van der Waals surface area contributed by atoms with E-state index < -0.39 is 6.17 Å². The summed E-state index contributed by atoms with van der Waals surface area (Å²) in [6, 6.07) is 9.55. The van der Waals surface area contributed by atoms with Gasteiger partial charge in [-0.05, 0) is 31.2 Å². The zero-order chi connectivity index (χ0) is 22.8. The smallest absolute Gasteiger partial charge is 0.257 e. The highest BCUT2D eigenvalue weighted by Gasteiger charge is 2.28. The van der Waals surface area contributed by atoms with Gasteiger partial charge in [0, 0.05) is 38.1 Å². The van der Waals surface area contributed by atoms with Crippen LogP contribution < -0.4 is 20.0 Å². The number of nitrogens with one attached hydrogen (secondary N) is 1. The molecule has 0 saturated carbocycles. The number of pyridine rings is 2. The Labute approximate surface area is 191 Å². The summed E-state index contributed by atoms with van der Waals surface area (Å²) in [6.07, 6.45) is 5.72. The molecular weight excluding hydrogens is 423 g/mol. The van der Waals surface area contributed by atoms with Gasteiger partial charge in [-0.2, -0.15) is 0 Å². The lowest BCUT2D eigenvalue weighted by Crippen LogP contribution is -2.53. The quantitative estimate of drug-likeness (QED) is 0.636. The van der Waals surface area contributed by atoms with Gasteiger partial charge in [-0.25, -0.2) is 24.3 Å². The van der Waals surface area contributed by atoms with E-state index in [9.17, 15) is 9.18 Å². The van der Waals surface area contributed by atoms with Crippen LogP contribution >= 0.6 is 0 Å². The first-order chi connectivity index (χ1) is 16.1. The van der Waals surface area contributed by atoms with Gasteiger partial charge >= 0.3 is 0 Å². The van der Waals surface area contributed by atoms with Crippen molar-refractivity contribution < 1.29 is 9.18 Å². The maximum absolute atomic E-state index is 13.0. The molecule has 0 aromatic carbocycles. The predicted octanol–water partition coefficient (Wildman–Crippen LogP) is 2.39. The summed E-state index contributed by atoms with van der Waals surface area (Å²) >= 11 is 0. The third-order valence-corrected chi connectivity index (χ3v) is 5.92. The molecule has 0 aliphatic carbocycles. The zero-order valence-electron chi connectivity index (χ0n) is 18.3. The average molecular weight is 449 g/mol. The molecule has 5 heterocycles. The van der Waals surface area contributed by atoms with Gasteiger partial charge in [0.2, 0.25) is 5.95 Å². The maximum Gasteiger partial charge on any atom is 0.257 e. The molecule has 0 radical (unpaired) electrons. The van der Waals surface area contributed by atoms with Gasteiger partial charge in [0.1, 0.15) is 17.8 Å². The van der Waals surface area contributed by atoms with Gasteiger partial charge in [-0.15, -0.1) is 0 Å². The number of anilines is 4. The van der Waals surface area contributed by atoms with Gasteiger partial charge < -0.3 is 20.0 Å². The molecule has 3 aromatic heterocycles. The summed E-state index contributed by atoms with van der Waals surface area (Å²) in [5, 5.41) is 2.80. The highest BCUT2D eigenvalue weighted by molar-refractivity contribution is 6.04. The Morgan fingerprint density at radius 2 is 1.73 bits per heavy atom. The molecule has 33 heavy (non-hydrogen) atoms. The lowest BCUT2D eigenvalue weighted by Gasteiger charge is -2.40. The molecule has 0 bridgehead atoms. The third-order valence-electron chi connectivity index (χ3n) is 5.92. The molecule has 1 N–H and O–H groups in total. The molecule has 1 atom stereocenters. The molecule has 0 unspecified atom stereocenters. The van der Waals surface area contributed by atoms with E-state index in [2.05, 4.69) is 42.0 Å².